The van der Waals surface area contributed by atoms with Crippen LogP contribution in [0.5, 0.6) is 0 Å². The van der Waals surface area contributed by atoms with Gasteiger partial charge in [-0.2, -0.15) is 0 Å². The van der Waals surface area contributed by atoms with Gasteiger partial charge in [-0.3, -0.25) is 0 Å². The van der Waals surface area contributed by atoms with Crippen molar-refractivity contribution in [2.75, 3.05) is 0 Å². The molecule has 0 rings (SSSR count). The lowest BCUT2D eigenvalue weighted by Gasteiger charge is -2.06. The molecule has 0 atom stereocenters. The molecule has 0 aliphatic rings. The maximum atomic E-state index is 12.1. The van der Waals surface area contributed by atoms with Gasteiger partial charge in [0.15, 0.2) is 0 Å². The summed E-state index contributed by atoms with van der Waals surface area (Å²) >= 11 is 0. The lowest BCUT2D eigenvalue weighted by Crippen LogP contribution is -2.07. The van der Waals surface area contributed by atoms with Crippen LogP contribution in [0.1, 0.15) is 19.8 Å². The summed E-state index contributed by atoms with van der Waals surface area (Å²) in [5.74, 6) is -3.81. The molecular formula is C7H10F2O2. The van der Waals surface area contributed by atoms with E-state index in [9.17, 15) is 13.6 Å². The Morgan fingerprint density at radius 2 is 2.18 bits per heavy atom. The summed E-state index contributed by atoms with van der Waals surface area (Å²) in [5, 5.41) is 8.07. The summed E-state index contributed by atoms with van der Waals surface area (Å²) in [6, 6.07) is 0. The molecule has 0 radical (unpaired) electrons. The van der Waals surface area contributed by atoms with E-state index in [2.05, 4.69) is 0 Å². The quantitative estimate of drug-likeness (QED) is 0.646. The summed E-state index contributed by atoms with van der Waals surface area (Å²) in [5.41, 5.74) is 0. The van der Waals surface area contributed by atoms with Gasteiger partial charge in [-0.05, 0) is 13.3 Å². The zero-order valence-corrected chi connectivity index (χ0v) is 6.18. The molecular weight excluding hydrogens is 154 g/mol. The van der Waals surface area contributed by atoms with Gasteiger partial charge >= 0.3 is 5.97 Å². The third-order valence-corrected chi connectivity index (χ3v) is 1.01. The Morgan fingerprint density at radius 1 is 1.64 bits per heavy atom. The Kier molecular flexibility index (Phi) is 3.71. The predicted molar refractivity (Wildman–Crippen MR) is 36.6 cm³/mol. The van der Waals surface area contributed by atoms with Crippen molar-refractivity contribution < 1.29 is 18.7 Å². The van der Waals surface area contributed by atoms with Crippen molar-refractivity contribution in [2.24, 2.45) is 0 Å². The van der Waals surface area contributed by atoms with Crippen molar-refractivity contribution in [3.63, 3.8) is 0 Å². The fraction of sp³-hybridized carbons (Fsp3) is 0.571. The van der Waals surface area contributed by atoms with E-state index in [-0.39, 0.29) is 12.8 Å². The highest BCUT2D eigenvalue weighted by atomic mass is 19.3. The summed E-state index contributed by atoms with van der Waals surface area (Å²) in [6.45, 7) is 0.807. The SMILES string of the molecule is CC(F)(F)CC/C=C/C(=O)O. The normalized spacial score (nSPS) is 12.3. The Bertz CT molecular complexity index is 158. The lowest BCUT2D eigenvalue weighted by molar-refractivity contribution is -0.131. The van der Waals surface area contributed by atoms with E-state index in [0.29, 0.717) is 0 Å². The maximum Gasteiger partial charge on any atom is 0.327 e. The largest absolute Gasteiger partial charge is 0.478 e. The molecule has 0 aliphatic carbocycles. The number of allylic oxidation sites excluding steroid dienone is 1. The Balaban J connectivity index is 3.50. The monoisotopic (exact) mass is 164 g/mol. The van der Waals surface area contributed by atoms with Gasteiger partial charge < -0.3 is 5.11 Å². The first-order valence-corrected chi connectivity index (χ1v) is 3.19. The summed E-state index contributed by atoms with van der Waals surface area (Å²) in [6.07, 6.45) is 1.87. The van der Waals surface area contributed by atoms with Crippen LogP contribution in [0.4, 0.5) is 8.78 Å². The van der Waals surface area contributed by atoms with E-state index in [1.807, 2.05) is 0 Å². The molecule has 0 fully saturated rings. The number of alkyl halides is 2. The molecule has 1 N–H and O–H groups in total. The van der Waals surface area contributed by atoms with Crippen molar-refractivity contribution in [3.05, 3.63) is 12.2 Å². The van der Waals surface area contributed by atoms with Crippen LogP contribution in [-0.2, 0) is 4.79 Å². The predicted octanol–water partition coefficient (Wildman–Crippen LogP) is 2.06. The zero-order chi connectivity index (χ0) is 8.91. The summed E-state index contributed by atoms with van der Waals surface area (Å²) < 4.78 is 24.1. The van der Waals surface area contributed by atoms with Crippen molar-refractivity contribution >= 4 is 5.97 Å². The van der Waals surface area contributed by atoms with Crippen LogP contribution in [0, 0.1) is 0 Å². The minimum Gasteiger partial charge on any atom is -0.478 e. The molecule has 0 amide bonds. The van der Waals surface area contributed by atoms with Crippen LogP contribution < -0.4 is 0 Å². The number of aliphatic carboxylic acids is 1. The fourth-order valence-electron chi connectivity index (χ4n) is 0.521. The average molecular weight is 164 g/mol. The van der Waals surface area contributed by atoms with Crippen molar-refractivity contribution in [1.82, 2.24) is 0 Å². The molecule has 0 heterocycles. The second-order valence-corrected chi connectivity index (χ2v) is 2.35. The maximum absolute atomic E-state index is 12.1. The molecule has 4 heteroatoms. The molecule has 0 aromatic heterocycles. The number of carboxylic acids is 1. The van der Waals surface area contributed by atoms with Crippen LogP contribution in [0.25, 0.3) is 0 Å². The lowest BCUT2D eigenvalue weighted by atomic mass is 10.2. The van der Waals surface area contributed by atoms with Crippen LogP contribution >= 0.6 is 0 Å². The van der Waals surface area contributed by atoms with Gasteiger partial charge in [0.25, 0.3) is 0 Å². The van der Waals surface area contributed by atoms with Crippen molar-refractivity contribution in [2.45, 2.75) is 25.7 Å². The molecule has 0 saturated carbocycles. The smallest absolute Gasteiger partial charge is 0.327 e. The number of hydrogen-bond donors (Lipinski definition) is 1. The first-order chi connectivity index (χ1) is 4.92. The Labute approximate surface area is 63.5 Å². The first-order valence-electron chi connectivity index (χ1n) is 3.19. The van der Waals surface area contributed by atoms with Crippen LogP contribution in [-0.4, -0.2) is 17.0 Å². The van der Waals surface area contributed by atoms with E-state index >= 15 is 0 Å². The second-order valence-electron chi connectivity index (χ2n) is 2.35. The molecule has 0 saturated heterocycles. The van der Waals surface area contributed by atoms with E-state index in [4.69, 9.17) is 5.11 Å². The van der Waals surface area contributed by atoms with Gasteiger partial charge in [0, 0.05) is 12.5 Å². The van der Waals surface area contributed by atoms with Crippen molar-refractivity contribution in [3.8, 4) is 0 Å². The topological polar surface area (TPSA) is 37.3 Å². The minimum atomic E-state index is -2.71. The number of hydrogen-bond acceptors (Lipinski definition) is 1. The third kappa shape index (κ3) is 9.07. The molecule has 0 aliphatic heterocycles. The standard InChI is InChI=1S/C7H10F2O2/c1-7(8,9)5-3-2-4-6(10)11/h2,4H,3,5H2,1H3,(H,10,11)/b4-2+. The second kappa shape index (κ2) is 4.05. The van der Waals surface area contributed by atoms with Crippen LogP contribution in [0.2, 0.25) is 0 Å². The molecule has 0 bridgehead atoms. The zero-order valence-electron chi connectivity index (χ0n) is 6.18. The number of carboxylic acid groups (broad SMARTS) is 1. The Hall–Kier alpha value is -0.930. The first kappa shape index (κ1) is 10.1. The van der Waals surface area contributed by atoms with E-state index in [1.54, 1.807) is 0 Å². The van der Waals surface area contributed by atoms with Gasteiger partial charge in [0.1, 0.15) is 0 Å². The molecule has 0 spiro atoms. The van der Waals surface area contributed by atoms with E-state index < -0.39 is 11.9 Å². The summed E-state index contributed by atoms with van der Waals surface area (Å²) in [4.78, 5) is 9.85. The van der Waals surface area contributed by atoms with E-state index in [1.165, 1.54) is 6.08 Å². The van der Waals surface area contributed by atoms with Crippen LogP contribution in [0.3, 0.4) is 0 Å². The minimum absolute atomic E-state index is 0.0931. The molecule has 64 valence electrons. The molecule has 11 heavy (non-hydrogen) atoms. The van der Waals surface area contributed by atoms with Crippen LogP contribution in [0.15, 0.2) is 12.2 Å². The van der Waals surface area contributed by atoms with Gasteiger partial charge in [-0.25, -0.2) is 13.6 Å². The molecule has 0 aromatic carbocycles. The number of carbonyl (C=O) groups is 1. The van der Waals surface area contributed by atoms with E-state index in [0.717, 1.165) is 13.0 Å². The van der Waals surface area contributed by atoms with Gasteiger partial charge in [-0.15, -0.1) is 0 Å². The molecule has 0 aromatic rings. The number of rotatable bonds is 4. The van der Waals surface area contributed by atoms with Gasteiger partial charge in [-0.1, -0.05) is 6.08 Å². The van der Waals surface area contributed by atoms with Crippen molar-refractivity contribution in [1.29, 1.82) is 0 Å². The van der Waals surface area contributed by atoms with Gasteiger partial charge in [0.2, 0.25) is 5.92 Å². The highest BCUT2D eigenvalue weighted by molar-refractivity contribution is 5.79. The number of halogens is 2. The highest BCUT2D eigenvalue weighted by Crippen LogP contribution is 2.18. The van der Waals surface area contributed by atoms with Gasteiger partial charge in [0.05, 0.1) is 0 Å². The fourth-order valence-corrected chi connectivity index (χ4v) is 0.521. The average Bonchev–Trinajstić information content (AvgIpc) is 1.78. The Morgan fingerprint density at radius 3 is 2.55 bits per heavy atom. The third-order valence-electron chi connectivity index (χ3n) is 1.01. The molecule has 0 unspecified atom stereocenters. The molecule has 2 nitrogen and oxygen atoms in total. The summed E-state index contributed by atoms with van der Waals surface area (Å²) in [7, 11) is 0. The highest BCUT2D eigenvalue weighted by Gasteiger charge is 2.18.